The Morgan fingerprint density at radius 2 is 1.82 bits per heavy atom. The van der Waals surface area contributed by atoms with Gasteiger partial charge in [0, 0.05) is 7.05 Å². The van der Waals surface area contributed by atoms with E-state index >= 15 is 0 Å². The molecule has 0 heterocycles. The van der Waals surface area contributed by atoms with Gasteiger partial charge in [-0.05, 0) is 12.8 Å². The second-order valence-electron chi connectivity index (χ2n) is 3.19. The summed E-state index contributed by atoms with van der Waals surface area (Å²) in [6.45, 7) is 5.81. The minimum atomic E-state index is -0.449. The average molecular weight is 161 g/mol. The van der Waals surface area contributed by atoms with Crippen LogP contribution in [0.15, 0.2) is 0 Å². The van der Waals surface area contributed by atoms with Crippen molar-refractivity contribution in [3.63, 3.8) is 0 Å². The van der Waals surface area contributed by atoms with Gasteiger partial charge in [0.05, 0.1) is 12.1 Å². The predicted octanol–water partition coefficient (Wildman–Crippen LogP) is 1.10. The van der Waals surface area contributed by atoms with E-state index in [1.165, 1.54) is 0 Å². The molecule has 3 atom stereocenters. The Morgan fingerprint density at radius 3 is 2.09 bits per heavy atom. The van der Waals surface area contributed by atoms with Crippen LogP contribution in [0.1, 0.15) is 27.2 Å². The minimum Gasteiger partial charge on any atom is -0.391 e. The van der Waals surface area contributed by atoms with Gasteiger partial charge in [0.1, 0.15) is 0 Å². The van der Waals surface area contributed by atoms with Crippen molar-refractivity contribution in [3.8, 4) is 0 Å². The van der Waals surface area contributed by atoms with Crippen LogP contribution in [0.4, 0.5) is 0 Å². The first-order chi connectivity index (χ1) is 5.00. The highest BCUT2D eigenvalue weighted by molar-refractivity contribution is 4.72. The summed E-state index contributed by atoms with van der Waals surface area (Å²) in [5, 5.41) is 19.6. The van der Waals surface area contributed by atoms with Gasteiger partial charge in [-0.15, -0.1) is 0 Å². The number of rotatable bonds is 4. The van der Waals surface area contributed by atoms with Gasteiger partial charge in [0.25, 0.3) is 0 Å². The molecule has 0 rings (SSSR count). The Hall–Kier alpha value is -0.120. The van der Waals surface area contributed by atoms with Crippen molar-refractivity contribution in [1.82, 2.24) is 5.06 Å². The molecule has 0 aliphatic rings. The van der Waals surface area contributed by atoms with Gasteiger partial charge < -0.3 is 10.3 Å². The number of likely N-dealkylation sites (N-methyl/N-ethyl adjacent to an activating group) is 1. The molecule has 0 radical (unpaired) electrons. The minimum absolute atomic E-state index is 0.190. The quantitative estimate of drug-likeness (QED) is 0.607. The highest BCUT2D eigenvalue weighted by Crippen LogP contribution is 2.13. The lowest BCUT2D eigenvalue weighted by Crippen LogP contribution is -2.40. The SMILES string of the molecule is CCC(C)C(O)C(C)N(C)O. The van der Waals surface area contributed by atoms with Gasteiger partial charge in [-0.2, -0.15) is 5.06 Å². The van der Waals surface area contributed by atoms with E-state index in [9.17, 15) is 5.11 Å². The van der Waals surface area contributed by atoms with E-state index in [0.717, 1.165) is 11.5 Å². The first-order valence-electron chi connectivity index (χ1n) is 4.10. The highest BCUT2D eigenvalue weighted by Gasteiger charge is 2.21. The third-order valence-electron chi connectivity index (χ3n) is 2.31. The van der Waals surface area contributed by atoms with E-state index in [1.807, 2.05) is 13.8 Å². The van der Waals surface area contributed by atoms with Crippen LogP contribution in [-0.2, 0) is 0 Å². The molecule has 2 N–H and O–H groups in total. The van der Waals surface area contributed by atoms with Crippen molar-refractivity contribution in [2.24, 2.45) is 5.92 Å². The zero-order valence-electron chi connectivity index (χ0n) is 7.78. The molecule has 0 fully saturated rings. The maximum absolute atomic E-state index is 9.55. The molecule has 3 nitrogen and oxygen atoms in total. The number of hydrogen-bond acceptors (Lipinski definition) is 3. The van der Waals surface area contributed by atoms with E-state index in [-0.39, 0.29) is 12.0 Å². The summed E-state index contributed by atoms with van der Waals surface area (Å²) in [5.74, 6) is 0.236. The molecule has 0 bridgehead atoms. The summed E-state index contributed by atoms with van der Waals surface area (Å²) in [5.41, 5.74) is 0. The lowest BCUT2D eigenvalue weighted by molar-refractivity contribution is -0.136. The molecular weight excluding hydrogens is 142 g/mol. The normalized spacial score (nSPS) is 19.9. The summed E-state index contributed by atoms with van der Waals surface area (Å²) >= 11 is 0. The average Bonchev–Trinajstić information content (AvgIpc) is 2.00. The van der Waals surface area contributed by atoms with Crippen molar-refractivity contribution in [3.05, 3.63) is 0 Å². The molecule has 0 aliphatic carbocycles. The maximum atomic E-state index is 9.55. The van der Waals surface area contributed by atoms with Crippen molar-refractivity contribution in [2.75, 3.05) is 7.05 Å². The molecule has 0 aromatic rings. The maximum Gasteiger partial charge on any atom is 0.0741 e. The summed E-state index contributed by atoms with van der Waals surface area (Å²) in [4.78, 5) is 0. The summed E-state index contributed by atoms with van der Waals surface area (Å²) in [7, 11) is 1.55. The number of aliphatic hydroxyl groups is 1. The summed E-state index contributed by atoms with van der Waals surface area (Å²) in [6, 6.07) is -0.190. The van der Waals surface area contributed by atoms with Crippen molar-refractivity contribution < 1.29 is 10.3 Å². The van der Waals surface area contributed by atoms with Crippen LogP contribution in [0, 0.1) is 5.92 Å². The zero-order valence-corrected chi connectivity index (χ0v) is 7.78. The fourth-order valence-corrected chi connectivity index (χ4v) is 0.938. The fourth-order valence-electron chi connectivity index (χ4n) is 0.938. The third-order valence-corrected chi connectivity index (χ3v) is 2.31. The standard InChI is InChI=1S/C8H19NO2/c1-5-6(2)8(10)7(3)9(4)11/h6-8,10-11H,5H2,1-4H3. The molecule has 3 unspecified atom stereocenters. The predicted molar refractivity (Wildman–Crippen MR) is 44.5 cm³/mol. The van der Waals surface area contributed by atoms with Gasteiger partial charge >= 0.3 is 0 Å². The largest absolute Gasteiger partial charge is 0.391 e. The van der Waals surface area contributed by atoms with Crippen LogP contribution in [-0.4, -0.2) is 34.6 Å². The second kappa shape index (κ2) is 4.70. The second-order valence-corrected chi connectivity index (χ2v) is 3.19. The Kier molecular flexibility index (Phi) is 4.65. The Bertz CT molecular complexity index is 106. The van der Waals surface area contributed by atoms with E-state index in [2.05, 4.69) is 0 Å². The van der Waals surface area contributed by atoms with Crippen LogP contribution < -0.4 is 0 Å². The van der Waals surface area contributed by atoms with Gasteiger partial charge in [-0.3, -0.25) is 0 Å². The Morgan fingerprint density at radius 1 is 1.36 bits per heavy atom. The molecule has 3 heteroatoms. The molecule has 0 spiro atoms. The van der Waals surface area contributed by atoms with Gasteiger partial charge in [0.2, 0.25) is 0 Å². The molecule has 0 aromatic heterocycles. The lowest BCUT2D eigenvalue weighted by Gasteiger charge is -2.27. The molecule has 0 aliphatic heterocycles. The molecule has 68 valence electrons. The van der Waals surface area contributed by atoms with Gasteiger partial charge in [0.15, 0.2) is 0 Å². The molecule has 0 saturated heterocycles. The van der Waals surface area contributed by atoms with Crippen LogP contribution in [0.2, 0.25) is 0 Å². The van der Waals surface area contributed by atoms with Crippen molar-refractivity contribution in [1.29, 1.82) is 0 Å². The molecule has 11 heavy (non-hydrogen) atoms. The van der Waals surface area contributed by atoms with Crippen molar-refractivity contribution >= 4 is 0 Å². The summed E-state index contributed by atoms with van der Waals surface area (Å²) < 4.78 is 0. The first-order valence-corrected chi connectivity index (χ1v) is 4.10. The van der Waals surface area contributed by atoms with Crippen LogP contribution in [0.25, 0.3) is 0 Å². The van der Waals surface area contributed by atoms with Crippen molar-refractivity contribution in [2.45, 2.75) is 39.3 Å². The number of nitrogens with zero attached hydrogens (tertiary/aromatic N) is 1. The van der Waals surface area contributed by atoms with E-state index < -0.39 is 6.10 Å². The Labute approximate surface area is 68.6 Å². The lowest BCUT2D eigenvalue weighted by atomic mass is 9.96. The molecule has 0 saturated carbocycles. The zero-order chi connectivity index (χ0) is 9.02. The van der Waals surface area contributed by atoms with E-state index in [0.29, 0.717) is 0 Å². The van der Waals surface area contributed by atoms with Crippen LogP contribution >= 0.6 is 0 Å². The number of hydroxylamine groups is 2. The van der Waals surface area contributed by atoms with Gasteiger partial charge in [-0.25, -0.2) is 0 Å². The van der Waals surface area contributed by atoms with Gasteiger partial charge in [-0.1, -0.05) is 20.3 Å². The summed E-state index contributed by atoms with van der Waals surface area (Å²) in [6.07, 6.45) is 0.481. The smallest absolute Gasteiger partial charge is 0.0741 e. The fraction of sp³-hybridized carbons (Fsp3) is 1.00. The highest BCUT2D eigenvalue weighted by atomic mass is 16.5. The Balaban J connectivity index is 3.90. The molecule has 0 amide bonds. The topological polar surface area (TPSA) is 43.7 Å². The molecule has 0 aromatic carbocycles. The first kappa shape index (κ1) is 10.9. The number of aliphatic hydroxyl groups excluding tert-OH is 1. The monoisotopic (exact) mass is 161 g/mol. The van der Waals surface area contributed by atoms with E-state index in [4.69, 9.17) is 5.21 Å². The molecular formula is C8H19NO2. The van der Waals surface area contributed by atoms with Crippen LogP contribution in [0.3, 0.4) is 0 Å². The van der Waals surface area contributed by atoms with Crippen LogP contribution in [0.5, 0.6) is 0 Å². The number of hydrogen-bond donors (Lipinski definition) is 2. The van der Waals surface area contributed by atoms with E-state index in [1.54, 1.807) is 14.0 Å². The third kappa shape index (κ3) is 3.18.